The van der Waals surface area contributed by atoms with Crippen LogP contribution in [0.15, 0.2) is 48.9 Å². The molecule has 6 heteroatoms. The molecule has 0 fully saturated rings. The summed E-state index contributed by atoms with van der Waals surface area (Å²) in [6.07, 6.45) is 3.47. The summed E-state index contributed by atoms with van der Waals surface area (Å²) in [5.41, 5.74) is -0.0321. The standard InChI is InChI=1S/C22H24N2O4/c1-4-19(25)17-7-6-16-11-18(9-8-15(16)10-17)22(27,12-21(26)28-5-2)20-13-24(3)14-23-20/h6-11,13-14,27H,4-5,12H2,1-3H3/t22-/m0/s1. The number of ether oxygens (including phenoxy) is 1. The fourth-order valence-corrected chi connectivity index (χ4v) is 3.27. The first-order chi connectivity index (χ1) is 13.4. The summed E-state index contributed by atoms with van der Waals surface area (Å²) < 4.78 is 6.78. The highest BCUT2D eigenvalue weighted by atomic mass is 16.5. The number of aromatic nitrogens is 2. The van der Waals surface area contributed by atoms with Crippen LogP contribution in [0.3, 0.4) is 0 Å². The summed E-state index contributed by atoms with van der Waals surface area (Å²) in [6, 6.07) is 10.9. The zero-order valence-corrected chi connectivity index (χ0v) is 16.3. The Bertz CT molecular complexity index is 1020. The Morgan fingerprint density at radius 1 is 1.14 bits per heavy atom. The smallest absolute Gasteiger partial charge is 0.309 e. The molecular formula is C22H24N2O4. The second-order valence-corrected chi connectivity index (χ2v) is 6.82. The van der Waals surface area contributed by atoms with E-state index in [4.69, 9.17) is 4.74 Å². The summed E-state index contributed by atoms with van der Waals surface area (Å²) in [5, 5.41) is 13.2. The first-order valence-electron chi connectivity index (χ1n) is 9.31. The van der Waals surface area contributed by atoms with Gasteiger partial charge in [0.2, 0.25) is 0 Å². The Kier molecular flexibility index (Phi) is 5.61. The van der Waals surface area contributed by atoms with Crippen LogP contribution in [0.5, 0.6) is 0 Å². The predicted molar refractivity (Wildman–Crippen MR) is 106 cm³/mol. The second kappa shape index (κ2) is 7.94. The third-order valence-electron chi connectivity index (χ3n) is 4.80. The average molecular weight is 380 g/mol. The minimum atomic E-state index is -1.61. The van der Waals surface area contributed by atoms with E-state index in [1.807, 2.05) is 31.2 Å². The van der Waals surface area contributed by atoms with Gasteiger partial charge in [-0.15, -0.1) is 0 Å². The number of rotatable bonds is 7. The molecule has 2 aromatic carbocycles. The Labute approximate surface area is 163 Å². The van der Waals surface area contributed by atoms with Gasteiger partial charge in [-0.3, -0.25) is 9.59 Å². The Morgan fingerprint density at radius 3 is 2.50 bits per heavy atom. The van der Waals surface area contributed by atoms with Crippen LogP contribution in [0.1, 0.15) is 48.3 Å². The molecule has 0 aliphatic carbocycles. The van der Waals surface area contributed by atoms with E-state index in [0.29, 0.717) is 23.2 Å². The van der Waals surface area contributed by atoms with Crippen molar-refractivity contribution in [3.63, 3.8) is 0 Å². The van der Waals surface area contributed by atoms with Crippen LogP contribution in [0.25, 0.3) is 10.8 Å². The molecule has 28 heavy (non-hydrogen) atoms. The zero-order chi connectivity index (χ0) is 20.3. The normalized spacial score (nSPS) is 13.3. The lowest BCUT2D eigenvalue weighted by Crippen LogP contribution is -2.32. The number of fused-ring (bicyclic) bond motifs is 1. The van der Waals surface area contributed by atoms with Gasteiger partial charge in [0.05, 0.1) is 25.0 Å². The van der Waals surface area contributed by atoms with Crippen molar-refractivity contribution in [3.05, 3.63) is 65.7 Å². The number of hydrogen-bond donors (Lipinski definition) is 1. The Hall–Kier alpha value is -2.99. The number of esters is 1. The number of hydrogen-bond acceptors (Lipinski definition) is 5. The van der Waals surface area contributed by atoms with E-state index in [0.717, 1.165) is 10.8 Å². The topological polar surface area (TPSA) is 81.4 Å². The first-order valence-corrected chi connectivity index (χ1v) is 9.31. The molecule has 0 radical (unpaired) electrons. The molecule has 146 valence electrons. The number of aryl methyl sites for hydroxylation is 1. The van der Waals surface area contributed by atoms with Crippen molar-refractivity contribution < 1.29 is 19.4 Å². The van der Waals surface area contributed by atoms with E-state index < -0.39 is 11.6 Å². The lowest BCUT2D eigenvalue weighted by atomic mass is 9.86. The van der Waals surface area contributed by atoms with Gasteiger partial charge in [-0.25, -0.2) is 4.98 Å². The molecule has 0 saturated heterocycles. The maximum atomic E-state index is 12.2. The molecule has 1 N–H and O–H groups in total. The van der Waals surface area contributed by atoms with Gasteiger partial charge >= 0.3 is 5.97 Å². The Balaban J connectivity index is 2.07. The molecule has 0 spiro atoms. The van der Waals surface area contributed by atoms with E-state index in [1.54, 1.807) is 43.2 Å². The molecule has 3 rings (SSSR count). The van der Waals surface area contributed by atoms with Gasteiger partial charge in [-0.05, 0) is 35.4 Å². The molecule has 6 nitrogen and oxygen atoms in total. The van der Waals surface area contributed by atoms with Gasteiger partial charge in [0.15, 0.2) is 5.78 Å². The van der Waals surface area contributed by atoms with Crippen molar-refractivity contribution in [2.24, 2.45) is 7.05 Å². The third kappa shape index (κ3) is 3.82. The summed E-state index contributed by atoms with van der Waals surface area (Å²) in [5.74, 6) is -0.419. The number of ketones is 1. The van der Waals surface area contributed by atoms with Crippen molar-refractivity contribution in [2.45, 2.75) is 32.3 Å². The molecular weight excluding hydrogens is 356 g/mol. The minimum Gasteiger partial charge on any atom is -0.466 e. The van der Waals surface area contributed by atoms with Crippen molar-refractivity contribution in [1.82, 2.24) is 9.55 Å². The van der Waals surface area contributed by atoms with Crippen LogP contribution >= 0.6 is 0 Å². The molecule has 1 aromatic heterocycles. The van der Waals surface area contributed by atoms with Gasteiger partial charge in [0.1, 0.15) is 5.60 Å². The monoisotopic (exact) mass is 380 g/mol. The van der Waals surface area contributed by atoms with Crippen LogP contribution in [-0.4, -0.2) is 33.0 Å². The molecule has 1 heterocycles. The first kappa shape index (κ1) is 19.8. The van der Waals surface area contributed by atoms with E-state index >= 15 is 0 Å². The molecule has 1 atom stereocenters. The van der Waals surface area contributed by atoms with E-state index in [-0.39, 0.29) is 18.8 Å². The van der Waals surface area contributed by atoms with Crippen molar-refractivity contribution in [2.75, 3.05) is 6.61 Å². The van der Waals surface area contributed by atoms with Crippen LogP contribution in [0.2, 0.25) is 0 Å². The average Bonchev–Trinajstić information content (AvgIpc) is 3.13. The number of imidazole rings is 1. The lowest BCUT2D eigenvalue weighted by molar-refractivity contribution is -0.147. The van der Waals surface area contributed by atoms with Crippen LogP contribution < -0.4 is 0 Å². The third-order valence-corrected chi connectivity index (χ3v) is 4.80. The van der Waals surface area contributed by atoms with Gasteiger partial charge < -0.3 is 14.4 Å². The maximum Gasteiger partial charge on any atom is 0.309 e. The number of nitrogens with zero attached hydrogens (tertiary/aromatic N) is 2. The SMILES string of the molecule is CCOC(=O)C[C@](O)(c1ccc2cc(C(=O)CC)ccc2c1)c1cn(C)cn1. The summed E-state index contributed by atoms with van der Waals surface area (Å²) in [7, 11) is 1.80. The van der Waals surface area contributed by atoms with Crippen LogP contribution in [0, 0.1) is 0 Å². The van der Waals surface area contributed by atoms with Crippen molar-refractivity contribution >= 4 is 22.5 Å². The quantitative estimate of drug-likeness (QED) is 0.502. The molecule has 0 unspecified atom stereocenters. The predicted octanol–water partition coefficient (Wildman–Crippen LogP) is 3.36. The van der Waals surface area contributed by atoms with Gasteiger partial charge in [0, 0.05) is 25.2 Å². The Morgan fingerprint density at radius 2 is 1.86 bits per heavy atom. The molecule has 3 aromatic rings. The second-order valence-electron chi connectivity index (χ2n) is 6.82. The number of benzene rings is 2. The fraction of sp³-hybridized carbons (Fsp3) is 0.318. The highest BCUT2D eigenvalue weighted by molar-refractivity contribution is 5.99. The molecule has 0 amide bonds. The van der Waals surface area contributed by atoms with E-state index in [2.05, 4.69) is 4.98 Å². The summed E-state index contributed by atoms with van der Waals surface area (Å²) in [4.78, 5) is 28.4. The van der Waals surface area contributed by atoms with Crippen molar-refractivity contribution in [1.29, 1.82) is 0 Å². The van der Waals surface area contributed by atoms with E-state index in [9.17, 15) is 14.7 Å². The number of carbonyl (C=O) groups is 2. The highest BCUT2D eigenvalue weighted by Gasteiger charge is 2.37. The lowest BCUT2D eigenvalue weighted by Gasteiger charge is -2.26. The van der Waals surface area contributed by atoms with Crippen molar-refractivity contribution in [3.8, 4) is 0 Å². The largest absolute Gasteiger partial charge is 0.466 e. The summed E-state index contributed by atoms with van der Waals surface area (Å²) >= 11 is 0. The van der Waals surface area contributed by atoms with Crippen LogP contribution in [-0.2, 0) is 22.2 Å². The molecule has 0 aliphatic heterocycles. The van der Waals surface area contributed by atoms with Gasteiger partial charge in [0.25, 0.3) is 0 Å². The molecule has 0 aliphatic rings. The fourth-order valence-electron chi connectivity index (χ4n) is 3.27. The number of carbonyl (C=O) groups excluding carboxylic acids is 2. The highest BCUT2D eigenvalue weighted by Crippen LogP contribution is 2.34. The van der Waals surface area contributed by atoms with Gasteiger partial charge in [-0.2, -0.15) is 0 Å². The number of aliphatic hydroxyl groups is 1. The van der Waals surface area contributed by atoms with Crippen LogP contribution in [0.4, 0.5) is 0 Å². The zero-order valence-electron chi connectivity index (χ0n) is 16.3. The van der Waals surface area contributed by atoms with Gasteiger partial charge in [-0.1, -0.05) is 31.2 Å². The molecule has 0 saturated carbocycles. The minimum absolute atomic E-state index is 0.0817. The maximum absolute atomic E-state index is 12.2. The number of Topliss-reactive ketones (excluding diaryl/α,β-unsaturated/α-hetero) is 1. The summed E-state index contributed by atoms with van der Waals surface area (Å²) in [6.45, 7) is 3.80. The van der Waals surface area contributed by atoms with E-state index in [1.165, 1.54) is 0 Å². The molecule has 0 bridgehead atoms.